The van der Waals surface area contributed by atoms with E-state index in [0.29, 0.717) is 18.9 Å². The van der Waals surface area contributed by atoms with Crippen molar-refractivity contribution < 1.29 is 14.1 Å². The smallest absolute Gasteiger partial charge is 0.273 e. The molecule has 0 saturated carbocycles. The highest BCUT2D eigenvalue weighted by Crippen LogP contribution is 2.21. The normalized spacial score (nSPS) is 13.2. The second kappa shape index (κ2) is 8.39. The molecule has 1 amide bonds. The third-order valence-corrected chi connectivity index (χ3v) is 4.14. The lowest BCUT2D eigenvalue weighted by molar-refractivity contribution is -0.384. The van der Waals surface area contributed by atoms with Gasteiger partial charge in [-0.3, -0.25) is 14.9 Å². The lowest BCUT2D eigenvalue weighted by atomic mass is 10.0. The van der Waals surface area contributed by atoms with Gasteiger partial charge in [0.2, 0.25) is 5.89 Å². The van der Waals surface area contributed by atoms with Gasteiger partial charge in [0.05, 0.1) is 11.0 Å². The number of nitrogens with two attached hydrogens (primary N) is 1. The van der Waals surface area contributed by atoms with Crippen LogP contribution in [0.2, 0.25) is 0 Å². The Morgan fingerprint density at radius 1 is 1.40 bits per heavy atom. The maximum atomic E-state index is 12.1. The topological polar surface area (TPSA) is 124 Å². The van der Waals surface area contributed by atoms with Gasteiger partial charge in [-0.1, -0.05) is 32.4 Å². The molecule has 0 spiro atoms. The quantitative estimate of drug-likeness (QED) is 0.559. The minimum atomic E-state index is -0.447. The Bertz CT molecular complexity index is 727. The molecule has 2 rings (SSSR count). The number of nitro groups is 1. The number of non-ortho nitro benzene ring substituents is 1. The van der Waals surface area contributed by atoms with Gasteiger partial charge in [-0.15, -0.1) is 0 Å². The predicted molar refractivity (Wildman–Crippen MR) is 92.0 cm³/mol. The van der Waals surface area contributed by atoms with Crippen LogP contribution in [0.15, 0.2) is 34.9 Å². The summed E-state index contributed by atoms with van der Waals surface area (Å²) < 4.78 is 5.31. The molecule has 1 heterocycles. The number of carbonyl (C=O) groups is 1. The van der Waals surface area contributed by atoms with Crippen molar-refractivity contribution in [1.82, 2.24) is 10.3 Å². The highest BCUT2D eigenvalue weighted by atomic mass is 16.6. The van der Waals surface area contributed by atoms with Crippen molar-refractivity contribution in [2.75, 3.05) is 6.54 Å². The summed E-state index contributed by atoms with van der Waals surface area (Å²) in [6.45, 7) is 4.41. The molecular formula is C17H22N4O4. The van der Waals surface area contributed by atoms with Crippen LogP contribution < -0.4 is 11.1 Å². The van der Waals surface area contributed by atoms with E-state index in [0.717, 1.165) is 12.0 Å². The van der Waals surface area contributed by atoms with E-state index in [2.05, 4.69) is 10.3 Å². The lowest BCUT2D eigenvalue weighted by Crippen LogP contribution is -2.26. The summed E-state index contributed by atoms with van der Waals surface area (Å²) in [6.07, 6.45) is 2.75. The van der Waals surface area contributed by atoms with Gasteiger partial charge in [-0.25, -0.2) is 4.98 Å². The molecule has 0 aliphatic carbocycles. The molecule has 8 heteroatoms. The Labute approximate surface area is 145 Å². The van der Waals surface area contributed by atoms with Crippen molar-refractivity contribution >= 4 is 11.6 Å². The van der Waals surface area contributed by atoms with Crippen LogP contribution in [0, 0.1) is 16.0 Å². The van der Waals surface area contributed by atoms with Gasteiger partial charge >= 0.3 is 0 Å². The molecule has 2 unspecified atom stereocenters. The maximum absolute atomic E-state index is 12.1. The van der Waals surface area contributed by atoms with Gasteiger partial charge in [0.1, 0.15) is 6.26 Å². The number of nitrogens with zero attached hydrogens (tertiary/aromatic N) is 2. The van der Waals surface area contributed by atoms with Gasteiger partial charge in [0, 0.05) is 18.7 Å². The Hall–Kier alpha value is -2.74. The summed E-state index contributed by atoms with van der Waals surface area (Å²) in [5.74, 6) is 0.222. The maximum Gasteiger partial charge on any atom is 0.273 e. The van der Waals surface area contributed by atoms with E-state index in [1.165, 1.54) is 18.4 Å². The molecule has 1 aromatic carbocycles. The van der Waals surface area contributed by atoms with Crippen LogP contribution in [-0.4, -0.2) is 22.4 Å². The molecule has 0 aliphatic heterocycles. The summed E-state index contributed by atoms with van der Waals surface area (Å²) >= 11 is 0. The van der Waals surface area contributed by atoms with Crippen molar-refractivity contribution in [1.29, 1.82) is 0 Å². The Morgan fingerprint density at radius 2 is 2.08 bits per heavy atom. The van der Waals surface area contributed by atoms with Crippen molar-refractivity contribution in [2.24, 2.45) is 11.7 Å². The highest BCUT2D eigenvalue weighted by Gasteiger charge is 2.20. The second-order valence-corrected chi connectivity index (χ2v) is 5.91. The average Bonchev–Trinajstić information content (AvgIpc) is 3.11. The SMILES string of the molecule is CCC(C)C(N)c1nc(C(=O)NCCc2ccc([N+](=O)[O-])cc2)co1. The molecule has 0 saturated heterocycles. The van der Waals surface area contributed by atoms with Gasteiger partial charge in [0.15, 0.2) is 5.69 Å². The van der Waals surface area contributed by atoms with E-state index in [4.69, 9.17) is 10.2 Å². The Balaban J connectivity index is 1.86. The third kappa shape index (κ3) is 4.87. The first-order valence-electron chi connectivity index (χ1n) is 8.15. The molecular weight excluding hydrogens is 324 g/mol. The first kappa shape index (κ1) is 18.6. The zero-order valence-corrected chi connectivity index (χ0v) is 14.3. The van der Waals surface area contributed by atoms with Crippen LogP contribution in [0.1, 0.15) is 48.3 Å². The van der Waals surface area contributed by atoms with Crippen LogP contribution in [0.3, 0.4) is 0 Å². The zero-order valence-electron chi connectivity index (χ0n) is 14.3. The molecule has 2 atom stereocenters. The van der Waals surface area contributed by atoms with E-state index in [1.54, 1.807) is 12.1 Å². The number of carbonyl (C=O) groups excluding carboxylic acids is 1. The molecule has 0 fully saturated rings. The van der Waals surface area contributed by atoms with Crippen molar-refractivity contribution in [2.45, 2.75) is 32.7 Å². The molecule has 0 aliphatic rings. The number of hydrogen-bond donors (Lipinski definition) is 2. The number of oxazole rings is 1. The largest absolute Gasteiger partial charge is 0.446 e. The van der Waals surface area contributed by atoms with Crippen LogP contribution >= 0.6 is 0 Å². The summed E-state index contributed by atoms with van der Waals surface area (Å²) in [6, 6.07) is 5.88. The number of amides is 1. The van der Waals surface area contributed by atoms with Crippen molar-refractivity contribution in [3.8, 4) is 0 Å². The highest BCUT2D eigenvalue weighted by molar-refractivity contribution is 5.91. The van der Waals surface area contributed by atoms with Crippen molar-refractivity contribution in [3.63, 3.8) is 0 Å². The number of hydrogen-bond acceptors (Lipinski definition) is 6. The first-order chi connectivity index (χ1) is 11.9. The van der Waals surface area contributed by atoms with Crippen LogP contribution in [-0.2, 0) is 6.42 Å². The summed E-state index contributed by atoms with van der Waals surface area (Å²) in [5.41, 5.74) is 7.16. The number of nitro benzene ring substituents is 1. The monoisotopic (exact) mass is 346 g/mol. The number of nitrogens with one attached hydrogen (secondary N) is 1. The summed E-state index contributed by atoms with van der Waals surface area (Å²) in [5, 5.41) is 13.4. The van der Waals surface area contributed by atoms with E-state index >= 15 is 0 Å². The Kier molecular flexibility index (Phi) is 6.24. The summed E-state index contributed by atoms with van der Waals surface area (Å²) in [7, 11) is 0. The fourth-order valence-corrected chi connectivity index (χ4v) is 2.24. The van der Waals surface area contributed by atoms with Gasteiger partial charge in [-0.2, -0.15) is 0 Å². The third-order valence-electron chi connectivity index (χ3n) is 4.14. The lowest BCUT2D eigenvalue weighted by Gasteiger charge is -2.13. The van der Waals surface area contributed by atoms with Gasteiger partial charge in [-0.05, 0) is 17.9 Å². The summed E-state index contributed by atoms with van der Waals surface area (Å²) in [4.78, 5) is 26.4. The number of aromatic nitrogens is 1. The Morgan fingerprint density at radius 3 is 2.68 bits per heavy atom. The van der Waals surface area contributed by atoms with Crippen LogP contribution in [0.4, 0.5) is 5.69 Å². The van der Waals surface area contributed by atoms with Crippen LogP contribution in [0.5, 0.6) is 0 Å². The second-order valence-electron chi connectivity index (χ2n) is 5.91. The minimum Gasteiger partial charge on any atom is -0.446 e. The molecule has 0 radical (unpaired) electrons. The molecule has 1 aromatic heterocycles. The van der Waals surface area contributed by atoms with Gasteiger partial charge < -0.3 is 15.5 Å². The first-order valence-corrected chi connectivity index (χ1v) is 8.15. The number of benzene rings is 1. The van der Waals surface area contributed by atoms with E-state index in [1.807, 2.05) is 13.8 Å². The van der Waals surface area contributed by atoms with E-state index < -0.39 is 4.92 Å². The molecule has 2 aromatic rings. The molecule has 25 heavy (non-hydrogen) atoms. The molecule has 134 valence electrons. The minimum absolute atomic E-state index is 0.0422. The molecule has 3 N–H and O–H groups in total. The average molecular weight is 346 g/mol. The molecule has 0 bridgehead atoms. The van der Waals surface area contributed by atoms with Crippen molar-refractivity contribution in [3.05, 3.63) is 57.8 Å². The fourth-order valence-electron chi connectivity index (χ4n) is 2.24. The van der Waals surface area contributed by atoms with Gasteiger partial charge in [0.25, 0.3) is 11.6 Å². The van der Waals surface area contributed by atoms with E-state index in [-0.39, 0.29) is 29.2 Å². The number of rotatable bonds is 8. The standard InChI is InChI=1S/C17H22N4O4/c1-3-11(2)15(18)17-20-14(10-25-17)16(22)19-9-8-12-4-6-13(7-5-12)21(23)24/h4-7,10-11,15H,3,8-9,18H2,1-2H3,(H,19,22). The fraction of sp³-hybridized carbons (Fsp3) is 0.412. The predicted octanol–water partition coefficient (Wildman–Crippen LogP) is 2.60. The van der Waals surface area contributed by atoms with Crippen LogP contribution in [0.25, 0.3) is 0 Å². The zero-order chi connectivity index (χ0) is 18.4. The van der Waals surface area contributed by atoms with E-state index in [9.17, 15) is 14.9 Å². The molecule has 8 nitrogen and oxygen atoms in total.